The van der Waals surface area contributed by atoms with Crippen LogP contribution in [0.5, 0.6) is 5.75 Å². The molecule has 1 aliphatic rings. The lowest BCUT2D eigenvalue weighted by Gasteiger charge is -2.20. The van der Waals surface area contributed by atoms with Crippen molar-refractivity contribution < 1.29 is 14.3 Å². The normalized spacial score (nSPS) is 13.4. The van der Waals surface area contributed by atoms with Gasteiger partial charge in [0.05, 0.1) is 0 Å². The quantitative estimate of drug-likeness (QED) is 0.638. The molecule has 0 atom stereocenters. The van der Waals surface area contributed by atoms with Crippen molar-refractivity contribution in [2.45, 2.75) is 52.4 Å². The van der Waals surface area contributed by atoms with Gasteiger partial charge in [-0.3, -0.25) is 9.59 Å². The van der Waals surface area contributed by atoms with Gasteiger partial charge in [0.15, 0.2) is 6.61 Å². The van der Waals surface area contributed by atoms with E-state index in [1.807, 2.05) is 6.07 Å². The van der Waals surface area contributed by atoms with Gasteiger partial charge in [-0.2, -0.15) is 0 Å². The molecule has 2 aromatic rings. The van der Waals surface area contributed by atoms with E-state index >= 15 is 0 Å². The van der Waals surface area contributed by atoms with Crippen LogP contribution in [0.4, 0.5) is 11.4 Å². The molecule has 1 aliphatic carbocycles. The van der Waals surface area contributed by atoms with Crippen LogP contribution in [0, 0.1) is 5.92 Å². The second-order valence-electron chi connectivity index (χ2n) is 8.25. The summed E-state index contributed by atoms with van der Waals surface area (Å²) in [4.78, 5) is 24.3. The molecule has 2 aromatic carbocycles. The Bertz CT molecular complexity index is 842. The average Bonchev–Trinajstić information content (AvgIpc) is 3.52. The summed E-state index contributed by atoms with van der Waals surface area (Å²) in [6.45, 7) is 8.41. The zero-order valence-electron chi connectivity index (χ0n) is 17.6. The molecular formula is C24H30N2O3. The number of anilines is 2. The van der Waals surface area contributed by atoms with Crippen molar-refractivity contribution >= 4 is 23.2 Å². The number of amides is 2. The molecule has 2 amide bonds. The molecule has 0 aliphatic heterocycles. The molecule has 1 fully saturated rings. The summed E-state index contributed by atoms with van der Waals surface area (Å²) in [5, 5.41) is 5.94. The predicted octanol–water partition coefficient (Wildman–Crippen LogP) is 5.30. The van der Waals surface area contributed by atoms with Crippen molar-refractivity contribution in [2.75, 3.05) is 17.2 Å². The van der Waals surface area contributed by atoms with E-state index in [1.165, 1.54) is 0 Å². The zero-order valence-corrected chi connectivity index (χ0v) is 17.6. The van der Waals surface area contributed by atoms with Gasteiger partial charge in [-0.05, 0) is 60.1 Å². The third-order valence-corrected chi connectivity index (χ3v) is 5.08. The summed E-state index contributed by atoms with van der Waals surface area (Å²) in [7, 11) is 0. The fraction of sp³-hybridized carbons (Fsp3) is 0.417. The number of ether oxygens (including phenoxy) is 1. The number of carbonyl (C=O) groups is 2. The van der Waals surface area contributed by atoms with Crippen molar-refractivity contribution in [3.63, 3.8) is 0 Å². The number of rotatable bonds is 8. The maximum atomic E-state index is 12.5. The highest BCUT2D eigenvalue weighted by molar-refractivity contribution is 5.94. The molecule has 0 heterocycles. The van der Waals surface area contributed by atoms with Gasteiger partial charge in [-0.1, -0.05) is 45.9 Å². The minimum Gasteiger partial charge on any atom is -0.484 e. The third kappa shape index (κ3) is 5.59. The van der Waals surface area contributed by atoms with Gasteiger partial charge in [0.1, 0.15) is 5.75 Å². The van der Waals surface area contributed by atoms with E-state index < -0.39 is 0 Å². The Morgan fingerprint density at radius 3 is 2.03 bits per heavy atom. The van der Waals surface area contributed by atoms with Crippen LogP contribution in [-0.4, -0.2) is 18.4 Å². The smallest absolute Gasteiger partial charge is 0.262 e. The SMILES string of the molecule is CC(C)c1cccc(C(C)C)c1NC(=O)COc1ccc(NC(=O)C2CC2)cc1. The number of hydrogen-bond donors (Lipinski definition) is 2. The molecule has 0 saturated heterocycles. The lowest BCUT2D eigenvalue weighted by atomic mass is 9.92. The second kappa shape index (κ2) is 9.12. The van der Waals surface area contributed by atoms with E-state index in [2.05, 4.69) is 50.5 Å². The van der Waals surface area contributed by atoms with Crippen LogP contribution >= 0.6 is 0 Å². The first-order chi connectivity index (χ1) is 13.8. The number of para-hydroxylation sites is 1. The van der Waals surface area contributed by atoms with Crippen molar-refractivity contribution in [3.05, 3.63) is 53.6 Å². The van der Waals surface area contributed by atoms with Crippen LogP contribution in [0.15, 0.2) is 42.5 Å². The van der Waals surface area contributed by atoms with E-state index in [1.54, 1.807) is 24.3 Å². The molecule has 5 heteroatoms. The lowest BCUT2D eigenvalue weighted by molar-refractivity contribution is -0.118. The van der Waals surface area contributed by atoms with Gasteiger partial charge < -0.3 is 15.4 Å². The van der Waals surface area contributed by atoms with Crippen molar-refractivity contribution in [1.29, 1.82) is 0 Å². The minimum atomic E-state index is -0.189. The van der Waals surface area contributed by atoms with Gasteiger partial charge >= 0.3 is 0 Å². The maximum Gasteiger partial charge on any atom is 0.262 e. The van der Waals surface area contributed by atoms with E-state index in [9.17, 15) is 9.59 Å². The monoisotopic (exact) mass is 394 g/mol. The Kier molecular flexibility index (Phi) is 6.57. The summed E-state index contributed by atoms with van der Waals surface area (Å²) in [5.74, 6) is 1.26. The van der Waals surface area contributed by atoms with Crippen LogP contribution in [0.25, 0.3) is 0 Å². The molecule has 0 bridgehead atoms. The first-order valence-electron chi connectivity index (χ1n) is 10.3. The van der Waals surface area contributed by atoms with Crippen LogP contribution in [-0.2, 0) is 9.59 Å². The summed E-state index contributed by atoms with van der Waals surface area (Å²) in [5.41, 5.74) is 3.89. The standard InChI is InChI=1S/C24H30N2O3/c1-15(2)20-6-5-7-21(16(3)4)23(20)26-22(27)14-29-19-12-10-18(11-13-19)25-24(28)17-8-9-17/h5-7,10-13,15-17H,8-9,14H2,1-4H3,(H,25,28)(H,26,27). The van der Waals surface area contributed by atoms with Crippen molar-refractivity contribution in [2.24, 2.45) is 5.92 Å². The van der Waals surface area contributed by atoms with E-state index in [0.29, 0.717) is 17.6 Å². The van der Waals surface area contributed by atoms with E-state index in [-0.39, 0.29) is 24.3 Å². The van der Waals surface area contributed by atoms with Crippen molar-refractivity contribution in [3.8, 4) is 5.75 Å². The van der Waals surface area contributed by atoms with Gasteiger partial charge in [0.2, 0.25) is 5.91 Å². The third-order valence-electron chi connectivity index (χ3n) is 5.08. The van der Waals surface area contributed by atoms with Crippen LogP contribution in [0.1, 0.15) is 63.5 Å². The molecule has 0 unspecified atom stereocenters. The molecule has 2 N–H and O–H groups in total. The molecular weight excluding hydrogens is 364 g/mol. The van der Waals surface area contributed by atoms with Gasteiger partial charge in [-0.15, -0.1) is 0 Å². The number of nitrogens with one attached hydrogen (secondary N) is 2. The maximum absolute atomic E-state index is 12.5. The fourth-order valence-electron chi connectivity index (χ4n) is 3.24. The summed E-state index contributed by atoms with van der Waals surface area (Å²) >= 11 is 0. The highest BCUT2D eigenvalue weighted by Crippen LogP contribution is 2.32. The number of benzene rings is 2. The fourth-order valence-corrected chi connectivity index (χ4v) is 3.24. The predicted molar refractivity (Wildman–Crippen MR) is 117 cm³/mol. The molecule has 5 nitrogen and oxygen atoms in total. The number of carbonyl (C=O) groups excluding carboxylic acids is 2. The van der Waals surface area contributed by atoms with Crippen LogP contribution in [0.3, 0.4) is 0 Å². The molecule has 154 valence electrons. The zero-order chi connectivity index (χ0) is 21.0. The molecule has 0 aromatic heterocycles. The Balaban J connectivity index is 1.59. The molecule has 0 spiro atoms. The molecule has 1 saturated carbocycles. The van der Waals surface area contributed by atoms with E-state index in [0.717, 1.165) is 35.3 Å². The molecule has 3 rings (SSSR count). The minimum absolute atomic E-state index is 0.0717. The molecule has 29 heavy (non-hydrogen) atoms. The van der Waals surface area contributed by atoms with Gasteiger partial charge in [0, 0.05) is 17.3 Å². The first kappa shape index (κ1) is 20.9. The van der Waals surface area contributed by atoms with E-state index in [4.69, 9.17) is 4.74 Å². The Hall–Kier alpha value is -2.82. The highest BCUT2D eigenvalue weighted by atomic mass is 16.5. The molecule has 0 radical (unpaired) electrons. The summed E-state index contributed by atoms with van der Waals surface area (Å²) in [6.07, 6.45) is 1.95. The summed E-state index contributed by atoms with van der Waals surface area (Å²) in [6, 6.07) is 13.3. The second-order valence-corrected chi connectivity index (χ2v) is 8.25. The highest BCUT2D eigenvalue weighted by Gasteiger charge is 2.29. The van der Waals surface area contributed by atoms with Crippen LogP contribution < -0.4 is 15.4 Å². The average molecular weight is 395 g/mol. The van der Waals surface area contributed by atoms with Crippen molar-refractivity contribution in [1.82, 2.24) is 0 Å². The Labute approximate surface area is 172 Å². The van der Waals surface area contributed by atoms with Gasteiger partial charge in [-0.25, -0.2) is 0 Å². The number of hydrogen-bond acceptors (Lipinski definition) is 3. The Morgan fingerprint density at radius 2 is 1.52 bits per heavy atom. The van der Waals surface area contributed by atoms with Crippen LogP contribution in [0.2, 0.25) is 0 Å². The summed E-state index contributed by atoms with van der Waals surface area (Å²) < 4.78 is 5.64. The largest absolute Gasteiger partial charge is 0.484 e. The first-order valence-corrected chi connectivity index (χ1v) is 10.3. The van der Waals surface area contributed by atoms with Gasteiger partial charge in [0.25, 0.3) is 5.91 Å². The lowest BCUT2D eigenvalue weighted by Crippen LogP contribution is -2.22. The topological polar surface area (TPSA) is 67.4 Å². The Morgan fingerprint density at radius 1 is 0.931 bits per heavy atom.